The van der Waals surface area contributed by atoms with Gasteiger partial charge in [-0.15, -0.1) is 0 Å². The largest absolute Gasteiger partial charge is 0.469 e. The molecule has 92 valence electrons. The van der Waals surface area contributed by atoms with Crippen LogP contribution >= 0.6 is 0 Å². The minimum atomic E-state index is -0.153. The first-order valence-corrected chi connectivity index (χ1v) is 5.96. The Morgan fingerprint density at radius 3 is 2.69 bits per heavy atom. The summed E-state index contributed by atoms with van der Waals surface area (Å²) < 4.78 is 4.70. The lowest BCUT2D eigenvalue weighted by atomic mass is 10.1. The lowest BCUT2D eigenvalue weighted by Gasteiger charge is -2.15. The van der Waals surface area contributed by atoms with Gasteiger partial charge in [-0.1, -0.05) is 13.8 Å². The fourth-order valence-electron chi connectivity index (χ4n) is 2.02. The first-order valence-electron chi connectivity index (χ1n) is 5.96. The highest BCUT2D eigenvalue weighted by Crippen LogP contribution is 2.26. The maximum Gasteiger partial charge on any atom is 0.308 e. The van der Waals surface area contributed by atoms with Crippen molar-refractivity contribution < 1.29 is 14.3 Å². The molecule has 0 aromatic heterocycles. The maximum atomic E-state index is 11.6. The third kappa shape index (κ3) is 3.22. The third-order valence-electron chi connectivity index (χ3n) is 3.37. The van der Waals surface area contributed by atoms with Crippen molar-refractivity contribution >= 4 is 11.9 Å². The molecule has 0 radical (unpaired) electrons. The zero-order chi connectivity index (χ0) is 12.1. The molecule has 0 aromatic rings. The highest BCUT2D eigenvalue weighted by Gasteiger charge is 2.31. The van der Waals surface area contributed by atoms with Gasteiger partial charge in [0.1, 0.15) is 0 Å². The summed E-state index contributed by atoms with van der Waals surface area (Å²) in [6.07, 6.45) is 3.26. The Labute approximate surface area is 96.7 Å². The molecule has 0 bridgehead atoms. The van der Waals surface area contributed by atoms with E-state index in [-0.39, 0.29) is 29.8 Å². The van der Waals surface area contributed by atoms with Crippen molar-refractivity contribution in [1.82, 2.24) is 5.32 Å². The summed E-state index contributed by atoms with van der Waals surface area (Å²) >= 11 is 0. The van der Waals surface area contributed by atoms with Gasteiger partial charge in [-0.05, 0) is 25.7 Å². The number of amides is 1. The first-order chi connectivity index (χ1) is 7.58. The number of methoxy groups -OCH3 is 1. The molecule has 0 unspecified atom stereocenters. The monoisotopic (exact) mass is 227 g/mol. The lowest BCUT2D eigenvalue weighted by molar-refractivity contribution is -0.145. The smallest absolute Gasteiger partial charge is 0.308 e. The van der Waals surface area contributed by atoms with Crippen molar-refractivity contribution in [3.8, 4) is 0 Å². The van der Waals surface area contributed by atoms with Crippen LogP contribution in [0.25, 0.3) is 0 Å². The van der Waals surface area contributed by atoms with Crippen LogP contribution in [0.3, 0.4) is 0 Å². The van der Waals surface area contributed by atoms with E-state index in [0.29, 0.717) is 0 Å². The average Bonchev–Trinajstić information content (AvgIpc) is 2.75. The minimum absolute atomic E-state index is 0.0350. The van der Waals surface area contributed by atoms with Gasteiger partial charge in [0.25, 0.3) is 0 Å². The molecule has 1 aliphatic rings. The van der Waals surface area contributed by atoms with Crippen LogP contribution in [0.4, 0.5) is 0 Å². The molecule has 0 heterocycles. The predicted molar refractivity (Wildman–Crippen MR) is 60.7 cm³/mol. The van der Waals surface area contributed by atoms with Crippen LogP contribution < -0.4 is 5.32 Å². The summed E-state index contributed by atoms with van der Waals surface area (Å²) in [6.45, 7) is 3.91. The number of rotatable bonds is 4. The molecule has 1 amide bonds. The van der Waals surface area contributed by atoms with Crippen LogP contribution in [0.15, 0.2) is 0 Å². The highest BCUT2D eigenvalue weighted by atomic mass is 16.5. The van der Waals surface area contributed by atoms with E-state index < -0.39 is 0 Å². The zero-order valence-electron chi connectivity index (χ0n) is 10.3. The van der Waals surface area contributed by atoms with Gasteiger partial charge < -0.3 is 10.1 Å². The van der Waals surface area contributed by atoms with Gasteiger partial charge in [0.05, 0.1) is 13.0 Å². The Kier molecular flexibility index (Phi) is 4.77. The standard InChI is InChI=1S/C12H21NO3/c1-4-8(2)11(14)13-10-6-5-9(7-10)12(15)16-3/h8-10H,4-7H2,1-3H3,(H,13,14)/t8-,9+,10-/m1/s1. The second kappa shape index (κ2) is 5.87. The molecule has 3 atom stereocenters. The molecule has 1 N–H and O–H groups in total. The van der Waals surface area contributed by atoms with Crippen LogP contribution in [0.5, 0.6) is 0 Å². The van der Waals surface area contributed by atoms with E-state index in [9.17, 15) is 9.59 Å². The Morgan fingerprint density at radius 1 is 1.44 bits per heavy atom. The molecular weight excluding hydrogens is 206 g/mol. The number of carbonyl (C=O) groups excluding carboxylic acids is 2. The van der Waals surface area contributed by atoms with Gasteiger partial charge >= 0.3 is 5.97 Å². The number of esters is 1. The molecule has 0 aliphatic heterocycles. The number of ether oxygens (including phenoxy) is 1. The van der Waals surface area contributed by atoms with E-state index in [0.717, 1.165) is 25.7 Å². The third-order valence-corrected chi connectivity index (χ3v) is 3.37. The Balaban J connectivity index is 2.37. The van der Waals surface area contributed by atoms with Gasteiger partial charge in [-0.25, -0.2) is 0 Å². The van der Waals surface area contributed by atoms with E-state index in [2.05, 4.69) is 5.32 Å². The summed E-state index contributed by atoms with van der Waals surface area (Å²) in [4.78, 5) is 22.9. The second-order valence-electron chi connectivity index (χ2n) is 4.55. The fraction of sp³-hybridized carbons (Fsp3) is 0.833. The molecule has 4 nitrogen and oxygen atoms in total. The SMILES string of the molecule is CC[C@@H](C)C(=O)N[C@@H]1CC[C@H](C(=O)OC)C1. The van der Waals surface area contributed by atoms with Crippen LogP contribution in [-0.2, 0) is 14.3 Å². The van der Waals surface area contributed by atoms with Crippen molar-refractivity contribution in [2.45, 2.75) is 45.6 Å². The topological polar surface area (TPSA) is 55.4 Å². The lowest BCUT2D eigenvalue weighted by Crippen LogP contribution is -2.36. The maximum absolute atomic E-state index is 11.6. The van der Waals surface area contributed by atoms with Gasteiger partial charge in [-0.3, -0.25) is 9.59 Å². The van der Waals surface area contributed by atoms with Gasteiger partial charge in [0.15, 0.2) is 0 Å². The first kappa shape index (κ1) is 13.0. The van der Waals surface area contributed by atoms with Crippen LogP contribution in [0, 0.1) is 11.8 Å². The van der Waals surface area contributed by atoms with Crippen LogP contribution in [0.2, 0.25) is 0 Å². The second-order valence-corrected chi connectivity index (χ2v) is 4.55. The summed E-state index contributed by atoms with van der Waals surface area (Å²) in [5, 5.41) is 2.99. The van der Waals surface area contributed by atoms with Crippen molar-refractivity contribution in [2.75, 3.05) is 7.11 Å². The molecule has 1 saturated carbocycles. The molecule has 0 spiro atoms. The highest BCUT2D eigenvalue weighted by molar-refractivity contribution is 5.79. The quantitative estimate of drug-likeness (QED) is 0.740. The zero-order valence-corrected chi connectivity index (χ0v) is 10.3. The molecular formula is C12H21NO3. The summed E-state index contributed by atoms with van der Waals surface area (Å²) in [6, 6.07) is 0.144. The van der Waals surface area contributed by atoms with Gasteiger partial charge in [-0.2, -0.15) is 0 Å². The molecule has 1 aliphatic carbocycles. The summed E-state index contributed by atoms with van der Waals surface area (Å²) in [7, 11) is 1.41. The van der Waals surface area contributed by atoms with E-state index in [4.69, 9.17) is 4.74 Å². The average molecular weight is 227 g/mol. The van der Waals surface area contributed by atoms with E-state index >= 15 is 0 Å². The van der Waals surface area contributed by atoms with Crippen molar-refractivity contribution in [3.63, 3.8) is 0 Å². The van der Waals surface area contributed by atoms with Gasteiger partial charge in [0, 0.05) is 12.0 Å². The molecule has 4 heteroatoms. The Morgan fingerprint density at radius 2 is 2.12 bits per heavy atom. The van der Waals surface area contributed by atoms with Crippen molar-refractivity contribution in [2.24, 2.45) is 11.8 Å². The predicted octanol–water partition coefficient (Wildman–Crippen LogP) is 1.49. The summed E-state index contributed by atoms with van der Waals surface area (Å²) in [5.41, 5.74) is 0. The molecule has 1 fully saturated rings. The van der Waals surface area contributed by atoms with Crippen LogP contribution in [0.1, 0.15) is 39.5 Å². The molecule has 0 aromatic carbocycles. The van der Waals surface area contributed by atoms with Crippen molar-refractivity contribution in [3.05, 3.63) is 0 Å². The molecule has 16 heavy (non-hydrogen) atoms. The van der Waals surface area contributed by atoms with E-state index in [1.807, 2.05) is 13.8 Å². The minimum Gasteiger partial charge on any atom is -0.469 e. The Bertz CT molecular complexity index is 265. The fourth-order valence-corrected chi connectivity index (χ4v) is 2.02. The van der Waals surface area contributed by atoms with E-state index in [1.54, 1.807) is 0 Å². The van der Waals surface area contributed by atoms with Crippen molar-refractivity contribution in [1.29, 1.82) is 0 Å². The normalized spacial score (nSPS) is 26.2. The van der Waals surface area contributed by atoms with E-state index in [1.165, 1.54) is 7.11 Å². The Hall–Kier alpha value is -1.06. The van der Waals surface area contributed by atoms with Gasteiger partial charge in [0.2, 0.25) is 5.91 Å². The number of nitrogens with one attached hydrogen (secondary N) is 1. The number of hydrogen-bond donors (Lipinski definition) is 1. The summed E-state index contributed by atoms with van der Waals surface area (Å²) in [5.74, 6) is -0.0392. The van der Waals surface area contributed by atoms with Crippen LogP contribution in [-0.4, -0.2) is 25.0 Å². The molecule has 1 rings (SSSR count). The number of carbonyl (C=O) groups is 2. The molecule has 0 saturated heterocycles. The number of hydrogen-bond acceptors (Lipinski definition) is 3.